The van der Waals surface area contributed by atoms with Crippen molar-refractivity contribution in [1.29, 1.82) is 0 Å². The molecule has 6 nitrogen and oxygen atoms in total. The molecule has 1 amide bonds. The molecule has 0 unspecified atom stereocenters. The molecule has 1 aliphatic carbocycles. The Morgan fingerprint density at radius 2 is 1.91 bits per heavy atom. The normalized spacial score (nSPS) is 14.5. The summed E-state index contributed by atoms with van der Waals surface area (Å²) >= 11 is 0. The van der Waals surface area contributed by atoms with Gasteiger partial charge in [0.1, 0.15) is 17.5 Å². The molecule has 1 N–H and O–H groups in total. The minimum Gasteiger partial charge on any atom is -0.344 e. The monoisotopic (exact) mass is 433 g/mol. The summed E-state index contributed by atoms with van der Waals surface area (Å²) in [6.07, 6.45) is 4.74. The number of benzene rings is 1. The molecule has 3 aromatic heterocycles. The van der Waals surface area contributed by atoms with Gasteiger partial charge in [-0.3, -0.25) is 14.2 Å². The van der Waals surface area contributed by atoms with Crippen LogP contribution < -0.4 is 5.32 Å². The number of rotatable bonds is 5. The van der Waals surface area contributed by atoms with Gasteiger partial charge in [0.2, 0.25) is 0 Å². The molecule has 162 valence electrons. The van der Waals surface area contributed by atoms with E-state index in [1.807, 2.05) is 35.6 Å². The van der Waals surface area contributed by atoms with Crippen LogP contribution in [0.4, 0.5) is 8.78 Å². The Hall–Kier alpha value is -3.68. The summed E-state index contributed by atoms with van der Waals surface area (Å²) in [6.45, 7) is 3.62. The minimum atomic E-state index is -0.802. The number of pyridine rings is 2. The molecule has 1 aliphatic rings. The van der Waals surface area contributed by atoms with Crippen molar-refractivity contribution in [3.8, 4) is 11.1 Å². The van der Waals surface area contributed by atoms with Crippen LogP contribution >= 0.6 is 0 Å². The second-order valence-electron chi connectivity index (χ2n) is 8.25. The second kappa shape index (κ2) is 7.78. The zero-order chi connectivity index (χ0) is 22.4. The zero-order valence-electron chi connectivity index (χ0n) is 17.6. The molecule has 0 bridgehead atoms. The van der Waals surface area contributed by atoms with Crippen molar-refractivity contribution >= 4 is 11.6 Å². The van der Waals surface area contributed by atoms with Crippen LogP contribution in [0.3, 0.4) is 0 Å². The van der Waals surface area contributed by atoms with E-state index in [0.717, 1.165) is 47.6 Å². The number of aromatic nitrogens is 4. The molecule has 1 aromatic carbocycles. The number of halogens is 2. The molecule has 4 aromatic rings. The van der Waals surface area contributed by atoms with Gasteiger partial charge >= 0.3 is 0 Å². The van der Waals surface area contributed by atoms with E-state index in [1.54, 1.807) is 19.2 Å². The van der Waals surface area contributed by atoms with Crippen LogP contribution in [0, 0.1) is 18.6 Å². The van der Waals surface area contributed by atoms with Crippen molar-refractivity contribution in [1.82, 2.24) is 24.9 Å². The van der Waals surface area contributed by atoms with Crippen LogP contribution in [0.1, 0.15) is 59.2 Å². The second-order valence-corrected chi connectivity index (χ2v) is 8.25. The Labute approximate surface area is 183 Å². The van der Waals surface area contributed by atoms with Gasteiger partial charge in [0.05, 0.1) is 23.5 Å². The zero-order valence-corrected chi connectivity index (χ0v) is 17.6. The average molecular weight is 433 g/mol. The SMILES string of the molecule is Cc1ccc(-c2cc(C(=O)N[C@H](C)c3ncc(F)cc3F)cn3c(C4CC4)nnc23)cc1. The molecule has 5 rings (SSSR count). The van der Waals surface area contributed by atoms with E-state index in [9.17, 15) is 13.6 Å². The van der Waals surface area contributed by atoms with Crippen molar-refractivity contribution in [2.24, 2.45) is 0 Å². The number of nitrogens with zero attached hydrogens (tertiary/aromatic N) is 4. The van der Waals surface area contributed by atoms with E-state index in [0.29, 0.717) is 17.1 Å². The van der Waals surface area contributed by atoms with Crippen LogP contribution in [0.25, 0.3) is 16.8 Å². The van der Waals surface area contributed by atoms with Crippen molar-refractivity contribution in [3.63, 3.8) is 0 Å². The third kappa shape index (κ3) is 3.72. The maximum Gasteiger partial charge on any atom is 0.253 e. The fourth-order valence-corrected chi connectivity index (χ4v) is 3.79. The third-order valence-electron chi connectivity index (χ3n) is 5.69. The molecule has 1 saturated carbocycles. The van der Waals surface area contributed by atoms with Crippen molar-refractivity contribution in [2.75, 3.05) is 0 Å². The summed E-state index contributed by atoms with van der Waals surface area (Å²) < 4.78 is 29.2. The quantitative estimate of drug-likeness (QED) is 0.493. The number of fused-ring (bicyclic) bond motifs is 1. The van der Waals surface area contributed by atoms with Gasteiger partial charge < -0.3 is 5.32 Å². The van der Waals surface area contributed by atoms with Gasteiger partial charge in [-0.1, -0.05) is 29.8 Å². The van der Waals surface area contributed by atoms with Gasteiger partial charge in [-0.15, -0.1) is 10.2 Å². The number of amides is 1. The molecule has 3 heterocycles. The maximum atomic E-state index is 14.1. The molecule has 8 heteroatoms. The van der Waals surface area contributed by atoms with E-state index in [-0.39, 0.29) is 5.69 Å². The molecular formula is C24H21F2N5O. The predicted octanol–water partition coefficient (Wildman–Crippen LogP) is 4.75. The Kier molecular flexibility index (Phi) is 4.92. The first-order valence-electron chi connectivity index (χ1n) is 10.5. The fraction of sp³-hybridized carbons (Fsp3) is 0.250. The van der Waals surface area contributed by atoms with Crippen LogP contribution in [-0.2, 0) is 0 Å². The molecule has 1 atom stereocenters. The highest BCUT2D eigenvalue weighted by molar-refractivity contribution is 5.97. The summed E-state index contributed by atoms with van der Waals surface area (Å²) in [5.41, 5.74) is 3.89. The Bertz CT molecular complexity index is 1330. The smallest absolute Gasteiger partial charge is 0.253 e. The Morgan fingerprint density at radius 1 is 1.16 bits per heavy atom. The predicted molar refractivity (Wildman–Crippen MR) is 115 cm³/mol. The Morgan fingerprint density at radius 3 is 2.59 bits per heavy atom. The van der Waals surface area contributed by atoms with Crippen LogP contribution in [-0.4, -0.2) is 25.5 Å². The van der Waals surface area contributed by atoms with Gasteiger partial charge in [-0.25, -0.2) is 8.78 Å². The lowest BCUT2D eigenvalue weighted by Crippen LogP contribution is -2.28. The molecular weight excluding hydrogens is 412 g/mol. The van der Waals surface area contributed by atoms with Crippen molar-refractivity contribution in [2.45, 2.75) is 38.6 Å². The molecule has 0 saturated heterocycles. The van der Waals surface area contributed by atoms with Gasteiger partial charge in [0.15, 0.2) is 5.65 Å². The van der Waals surface area contributed by atoms with E-state index in [2.05, 4.69) is 20.5 Å². The summed E-state index contributed by atoms with van der Waals surface area (Å²) in [7, 11) is 0. The largest absolute Gasteiger partial charge is 0.344 e. The summed E-state index contributed by atoms with van der Waals surface area (Å²) in [6, 6.07) is 9.75. The topological polar surface area (TPSA) is 72.2 Å². The number of hydrogen-bond donors (Lipinski definition) is 1. The molecule has 0 aliphatic heterocycles. The van der Waals surface area contributed by atoms with Crippen molar-refractivity contribution < 1.29 is 13.6 Å². The lowest BCUT2D eigenvalue weighted by atomic mass is 10.0. The highest BCUT2D eigenvalue weighted by Gasteiger charge is 2.30. The number of carbonyl (C=O) groups excluding carboxylic acids is 1. The first-order chi connectivity index (χ1) is 15.4. The summed E-state index contributed by atoms with van der Waals surface area (Å²) in [5.74, 6) is -0.789. The molecule has 0 spiro atoms. The number of nitrogens with one attached hydrogen (secondary N) is 1. The number of aryl methyl sites for hydroxylation is 1. The highest BCUT2D eigenvalue weighted by atomic mass is 19.1. The first-order valence-corrected chi connectivity index (χ1v) is 10.5. The van der Waals surface area contributed by atoms with Crippen LogP contribution in [0.2, 0.25) is 0 Å². The van der Waals surface area contributed by atoms with E-state index in [1.165, 1.54) is 0 Å². The third-order valence-corrected chi connectivity index (χ3v) is 5.69. The van der Waals surface area contributed by atoms with Crippen LogP contribution in [0.15, 0.2) is 48.8 Å². The van der Waals surface area contributed by atoms with Gasteiger partial charge in [-0.05, 0) is 38.3 Å². The van der Waals surface area contributed by atoms with E-state index < -0.39 is 23.6 Å². The van der Waals surface area contributed by atoms with E-state index >= 15 is 0 Å². The van der Waals surface area contributed by atoms with Gasteiger partial charge in [0.25, 0.3) is 5.91 Å². The minimum absolute atomic E-state index is 0.0254. The molecule has 0 radical (unpaired) electrons. The van der Waals surface area contributed by atoms with Crippen LogP contribution in [0.5, 0.6) is 0 Å². The molecule has 1 fully saturated rings. The number of carbonyl (C=O) groups is 1. The lowest BCUT2D eigenvalue weighted by Gasteiger charge is -2.15. The van der Waals surface area contributed by atoms with Crippen molar-refractivity contribution in [3.05, 3.63) is 83.1 Å². The standard InChI is InChI=1S/C24H21F2N5O/c1-13-3-5-15(6-4-13)19-9-17(12-31-22(16-7-8-16)29-30-23(19)31)24(32)28-14(2)21-20(26)10-18(25)11-27-21/h3-6,9-12,14,16H,7-8H2,1-2H3,(H,28,32)/t14-/m1/s1. The highest BCUT2D eigenvalue weighted by Crippen LogP contribution is 2.40. The van der Waals surface area contributed by atoms with Gasteiger partial charge in [-0.2, -0.15) is 0 Å². The molecule has 32 heavy (non-hydrogen) atoms. The first kappa shape index (κ1) is 20.2. The van der Waals surface area contributed by atoms with E-state index in [4.69, 9.17) is 0 Å². The Balaban J connectivity index is 1.54. The van der Waals surface area contributed by atoms with Gasteiger partial charge in [0, 0.05) is 23.7 Å². The summed E-state index contributed by atoms with van der Waals surface area (Å²) in [4.78, 5) is 16.9. The summed E-state index contributed by atoms with van der Waals surface area (Å²) in [5, 5.41) is 11.5. The fourth-order valence-electron chi connectivity index (χ4n) is 3.79. The maximum absolute atomic E-state index is 14.1. The average Bonchev–Trinajstić information content (AvgIpc) is 3.52. The number of hydrogen-bond acceptors (Lipinski definition) is 4. The lowest BCUT2D eigenvalue weighted by molar-refractivity contribution is 0.0938.